The van der Waals surface area contributed by atoms with E-state index < -0.39 is 0 Å². The molecule has 0 radical (unpaired) electrons. The van der Waals surface area contributed by atoms with E-state index in [0.29, 0.717) is 6.42 Å². The van der Waals surface area contributed by atoms with Crippen molar-refractivity contribution in [3.05, 3.63) is 82.5 Å². The predicted molar refractivity (Wildman–Crippen MR) is 136 cm³/mol. The number of benzene rings is 2. The van der Waals surface area contributed by atoms with Crippen LogP contribution < -0.4 is 5.32 Å². The summed E-state index contributed by atoms with van der Waals surface area (Å²) in [6.07, 6.45) is 3.25. The summed E-state index contributed by atoms with van der Waals surface area (Å²) in [5, 5.41) is 8.54. The highest BCUT2D eigenvalue weighted by molar-refractivity contribution is 6.02. The Morgan fingerprint density at radius 3 is 2.30 bits per heavy atom. The van der Waals surface area contributed by atoms with Crippen LogP contribution in [0.15, 0.2) is 54.6 Å². The fourth-order valence-electron chi connectivity index (χ4n) is 5.43. The Labute approximate surface area is 198 Å². The molecule has 0 aliphatic carbocycles. The first kappa shape index (κ1) is 23.3. The molecule has 4 rings (SSSR count). The van der Waals surface area contributed by atoms with Crippen molar-refractivity contribution in [1.29, 1.82) is 0 Å². The van der Waals surface area contributed by atoms with Gasteiger partial charge in [0.15, 0.2) is 5.78 Å². The van der Waals surface area contributed by atoms with E-state index in [-0.39, 0.29) is 22.8 Å². The van der Waals surface area contributed by atoms with Crippen molar-refractivity contribution in [3.63, 3.8) is 0 Å². The van der Waals surface area contributed by atoms with E-state index >= 15 is 0 Å². The first-order valence-corrected chi connectivity index (χ1v) is 12.2. The van der Waals surface area contributed by atoms with Gasteiger partial charge in [0.05, 0.1) is 22.8 Å². The second-order valence-corrected chi connectivity index (χ2v) is 10.3. The summed E-state index contributed by atoms with van der Waals surface area (Å²) in [6, 6.07) is 19.4. The number of carbonyl (C=O) groups is 1. The minimum Gasteiger partial charge on any atom is -0.363 e. The average Bonchev–Trinajstić information content (AvgIpc) is 3.15. The lowest BCUT2D eigenvalue weighted by atomic mass is 9.71. The van der Waals surface area contributed by atoms with Crippen LogP contribution in [0.3, 0.4) is 0 Å². The molecule has 0 unspecified atom stereocenters. The van der Waals surface area contributed by atoms with Crippen LogP contribution >= 0.6 is 0 Å². The van der Waals surface area contributed by atoms with E-state index in [4.69, 9.17) is 5.10 Å². The zero-order valence-corrected chi connectivity index (χ0v) is 20.9. The van der Waals surface area contributed by atoms with Crippen LogP contribution in [0, 0.1) is 13.8 Å². The smallest absolute Gasteiger partial charge is 0.169 e. The Morgan fingerprint density at radius 2 is 1.70 bits per heavy atom. The van der Waals surface area contributed by atoms with Crippen molar-refractivity contribution < 1.29 is 4.79 Å². The fraction of sp³-hybridized carbons (Fsp3) is 0.448. The SMILES string of the molecule is CCC(CC)(CC(=O)c1c(C)nn2c1N[C@@H](c1ccccc1)CC2(C)C)c1ccc(C)cc1. The number of hydrogen-bond acceptors (Lipinski definition) is 3. The van der Waals surface area contributed by atoms with Crippen LogP contribution in [0.4, 0.5) is 5.82 Å². The maximum absolute atomic E-state index is 13.9. The maximum Gasteiger partial charge on any atom is 0.169 e. The molecule has 0 saturated heterocycles. The molecule has 0 bridgehead atoms. The Bertz CT molecular complexity index is 1120. The highest BCUT2D eigenvalue weighted by Gasteiger charge is 2.39. The van der Waals surface area contributed by atoms with Gasteiger partial charge in [-0.3, -0.25) is 4.79 Å². The molecule has 174 valence electrons. The van der Waals surface area contributed by atoms with E-state index in [2.05, 4.69) is 88.5 Å². The molecule has 1 aromatic heterocycles. The molecule has 2 heterocycles. The van der Waals surface area contributed by atoms with Gasteiger partial charge in [0.25, 0.3) is 0 Å². The molecule has 4 nitrogen and oxygen atoms in total. The lowest BCUT2D eigenvalue weighted by molar-refractivity contribution is 0.0944. The molecule has 1 aliphatic rings. The third kappa shape index (κ3) is 4.23. The molecule has 0 saturated carbocycles. The van der Waals surface area contributed by atoms with Gasteiger partial charge in [-0.25, -0.2) is 4.68 Å². The molecule has 2 aromatic carbocycles. The highest BCUT2D eigenvalue weighted by atomic mass is 16.1. The molecular formula is C29H37N3O. The normalized spacial score (nSPS) is 17.3. The largest absolute Gasteiger partial charge is 0.363 e. The van der Waals surface area contributed by atoms with E-state index in [1.165, 1.54) is 16.7 Å². The summed E-state index contributed by atoms with van der Waals surface area (Å²) in [7, 11) is 0. The zero-order chi connectivity index (χ0) is 23.8. The molecule has 0 spiro atoms. The van der Waals surface area contributed by atoms with Gasteiger partial charge in [-0.2, -0.15) is 5.10 Å². The van der Waals surface area contributed by atoms with Crippen molar-refractivity contribution >= 4 is 11.6 Å². The Balaban J connectivity index is 1.72. The Morgan fingerprint density at radius 1 is 1.06 bits per heavy atom. The van der Waals surface area contributed by atoms with Crippen molar-refractivity contribution in [2.75, 3.05) is 5.32 Å². The molecule has 4 heteroatoms. The number of rotatable bonds is 7. The van der Waals surface area contributed by atoms with Crippen LogP contribution in [-0.2, 0) is 11.0 Å². The number of aryl methyl sites for hydroxylation is 2. The van der Waals surface area contributed by atoms with Gasteiger partial charge >= 0.3 is 0 Å². The molecule has 0 amide bonds. The third-order valence-corrected chi connectivity index (χ3v) is 7.65. The van der Waals surface area contributed by atoms with Gasteiger partial charge in [-0.1, -0.05) is 74.0 Å². The summed E-state index contributed by atoms with van der Waals surface area (Å²) in [5.41, 5.74) is 4.94. The van der Waals surface area contributed by atoms with Crippen molar-refractivity contribution in [1.82, 2.24) is 9.78 Å². The highest BCUT2D eigenvalue weighted by Crippen LogP contribution is 2.43. The number of anilines is 1. The van der Waals surface area contributed by atoms with Gasteiger partial charge in [-0.15, -0.1) is 0 Å². The number of ketones is 1. The summed E-state index contributed by atoms with van der Waals surface area (Å²) in [5.74, 6) is 1.04. The van der Waals surface area contributed by atoms with E-state index in [0.717, 1.165) is 36.3 Å². The van der Waals surface area contributed by atoms with Crippen molar-refractivity contribution in [2.45, 2.75) is 84.2 Å². The van der Waals surface area contributed by atoms with Crippen molar-refractivity contribution in [3.8, 4) is 0 Å². The molecule has 3 aromatic rings. The predicted octanol–water partition coefficient (Wildman–Crippen LogP) is 7.12. The molecule has 1 atom stereocenters. The summed E-state index contributed by atoms with van der Waals surface area (Å²) < 4.78 is 2.04. The van der Waals surface area contributed by atoms with E-state index in [1.807, 2.05) is 17.7 Å². The Hall–Kier alpha value is -2.88. The summed E-state index contributed by atoms with van der Waals surface area (Å²) >= 11 is 0. The van der Waals surface area contributed by atoms with Crippen molar-refractivity contribution in [2.24, 2.45) is 0 Å². The summed E-state index contributed by atoms with van der Waals surface area (Å²) in [6.45, 7) is 12.9. The number of fused-ring (bicyclic) bond motifs is 1. The Kier molecular flexibility index (Phi) is 6.22. The van der Waals surface area contributed by atoms with Gasteiger partial charge in [-0.05, 0) is 58.1 Å². The lowest BCUT2D eigenvalue weighted by Crippen LogP contribution is -2.38. The molecule has 1 N–H and O–H groups in total. The van der Waals surface area contributed by atoms with Crippen LogP contribution in [0.25, 0.3) is 0 Å². The van der Waals surface area contributed by atoms with E-state index in [9.17, 15) is 4.79 Å². The number of aromatic nitrogens is 2. The second kappa shape index (κ2) is 8.81. The number of nitrogens with zero attached hydrogens (tertiary/aromatic N) is 2. The van der Waals surface area contributed by atoms with Crippen LogP contribution in [0.1, 0.15) is 92.2 Å². The van der Waals surface area contributed by atoms with Crippen LogP contribution in [-0.4, -0.2) is 15.6 Å². The molecular weight excluding hydrogens is 406 g/mol. The van der Waals surface area contributed by atoms with Crippen LogP contribution in [0.5, 0.6) is 0 Å². The quantitative estimate of drug-likeness (QED) is 0.395. The van der Waals surface area contributed by atoms with Gasteiger partial charge < -0.3 is 5.32 Å². The second-order valence-electron chi connectivity index (χ2n) is 10.3. The maximum atomic E-state index is 13.9. The number of carbonyl (C=O) groups excluding carboxylic acids is 1. The average molecular weight is 444 g/mol. The molecule has 0 fully saturated rings. The first-order valence-electron chi connectivity index (χ1n) is 12.2. The standard InChI is InChI=1S/C29H37N3O/c1-7-29(8-2,23-16-14-20(3)15-17-23)19-25(33)26-21(4)31-32-27(26)30-24(18-28(32,5)6)22-12-10-9-11-13-22/h9-17,24,30H,7-8,18-19H2,1-6H3/t24-/m1/s1. The van der Waals surface area contributed by atoms with Gasteiger partial charge in [0.1, 0.15) is 5.82 Å². The minimum absolute atomic E-state index is 0.149. The van der Waals surface area contributed by atoms with Crippen LogP contribution in [0.2, 0.25) is 0 Å². The monoisotopic (exact) mass is 443 g/mol. The molecule has 1 aliphatic heterocycles. The first-order chi connectivity index (χ1) is 15.7. The zero-order valence-electron chi connectivity index (χ0n) is 20.9. The van der Waals surface area contributed by atoms with Gasteiger partial charge in [0, 0.05) is 11.8 Å². The molecule has 33 heavy (non-hydrogen) atoms. The summed E-state index contributed by atoms with van der Waals surface area (Å²) in [4.78, 5) is 13.9. The number of Topliss-reactive ketones (excluding diaryl/α,β-unsaturated/α-hetero) is 1. The van der Waals surface area contributed by atoms with E-state index in [1.54, 1.807) is 0 Å². The van der Waals surface area contributed by atoms with Gasteiger partial charge in [0.2, 0.25) is 0 Å². The minimum atomic E-state index is -0.187. The lowest BCUT2D eigenvalue weighted by Gasteiger charge is -2.38. The fourth-order valence-corrected chi connectivity index (χ4v) is 5.43. The topological polar surface area (TPSA) is 46.9 Å². The number of hydrogen-bond donors (Lipinski definition) is 1. The third-order valence-electron chi connectivity index (χ3n) is 7.65. The number of nitrogens with one attached hydrogen (secondary N) is 1.